The van der Waals surface area contributed by atoms with Gasteiger partial charge in [0.15, 0.2) is 0 Å². The number of hydrogen-bond acceptors (Lipinski definition) is 4. The molecular weight excluding hydrogens is 374 g/mol. The molecule has 0 saturated carbocycles. The van der Waals surface area contributed by atoms with E-state index in [4.69, 9.17) is 11.6 Å². The van der Waals surface area contributed by atoms with Crippen molar-refractivity contribution in [3.8, 4) is 17.3 Å². The van der Waals surface area contributed by atoms with Crippen LogP contribution in [0.2, 0.25) is 5.02 Å². The molecule has 0 aliphatic carbocycles. The lowest BCUT2D eigenvalue weighted by Gasteiger charge is -2.20. The standard InChI is InChI=1S/C22H18ClN3S/c23-19-9-7-16(8-10-19)20-15-27-22(25-20)18(14-24)13-17-5-1-2-6-21(17)26-11-3-4-12-26/h1-2,5-10,13,15H,3-4,11-12H2. The Morgan fingerprint density at radius 3 is 2.59 bits per heavy atom. The van der Waals surface area contributed by atoms with Crippen molar-refractivity contribution in [2.45, 2.75) is 12.8 Å². The molecule has 0 N–H and O–H groups in total. The number of para-hydroxylation sites is 1. The van der Waals surface area contributed by atoms with Crippen molar-refractivity contribution in [1.82, 2.24) is 4.98 Å². The summed E-state index contributed by atoms with van der Waals surface area (Å²) in [5.74, 6) is 0. The highest BCUT2D eigenvalue weighted by Gasteiger charge is 2.16. The average molecular weight is 392 g/mol. The first-order valence-electron chi connectivity index (χ1n) is 8.92. The van der Waals surface area contributed by atoms with Crippen molar-refractivity contribution in [3.05, 3.63) is 69.5 Å². The molecule has 2 heterocycles. The predicted octanol–water partition coefficient (Wildman–Crippen LogP) is 6.13. The van der Waals surface area contributed by atoms with Crippen molar-refractivity contribution in [2.75, 3.05) is 18.0 Å². The Balaban J connectivity index is 1.67. The first-order valence-corrected chi connectivity index (χ1v) is 10.2. The highest BCUT2D eigenvalue weighted by atomic mass is 35.5. The van der Waals surface area contributed by atoms with Gasteiger partial charge < -0.3 is 4.90 Å². The first-order chi connectivity index (χ1) is 13.2. The Hall–Kier alpha value is -2.61. The minimum absolute atomic E-state index is 0.590. The third-order valence-corrected chi connectivity index (χ3v) is 5.81. The van der Waals surface area contributed by atoms with Gasteiger partial charge in [-0.05, 0) is 42.7 Å². The van der Waals surface area contributed by atoms with E-state index in [-0.39, 0.29) is 0 Å². The molecule has 0 unspecified atom stereocenters. The Bertz CT molecular complexity index is 1010. The summed E-state index contributed by atoms with van der Waals surface area (Å²) >= 11 is 7.45. The van der Waals surface area contributed by atoms with Crippen LogP contribution in [0.25, 0.3) is 22.9 Å². The first kappa shape index (κ1) is 17.8. The van der Waals surface area contributed by atoms with Crippen LogP contribution in [0.3, 0.4) is 0 Å². The number of rotatable bonds is 4. The lowest BCUT2D eigenvalue weighted by Crippen LogP contribution is -2.18. The molecule has 27 heavy (non-hydrogen) atoms. The topological polar surface area (TPSA) is 39.9 Å². The fourth-order valence-electron chi connectivity index (χ4n) is 3.30. The SMILES string of the molecule is N#CC(=Cc1ccccc1N1CCCC1)c1nc(-c2ccc(Cl)cc2)cs1. The van der Waals surface area contributed by atoms with Crippen LogP contribution < -0.4 is 4.90 Å². The highest BCUT2D eigenvalue weighted by Crippen LogP contribution is 2.31. The van der Waals surface area contributed by atoms with E-state index < -0.39 is 0 Å². The molecule has 4 rings (SSSR count). The molecule has 0 amide bonds. The van der Waals surface area contributed by atoms with Gasteiger partial charge in [-0.1, -0.05) is 41.9 Å². The molecule has 134 valence electrons. The number of anilines is 1. The maximum absolute atomic E-state index is 9.73. The largest absolute Gasteiger partial charge is 0.371 e. The minimum Gasteiger partial charge on any atom is -0.371 e. The van der Waals surface area contributed by atoms with Crippen LogP contribution in [0, 0.1) is 11.3 Å². The molecule has 1 saturated heterocycles. The summed E-state index contributed by atoms with van der Waals surface area (Å²) in [5, 5.41) is 13.1. The predicted molar refractivity (Wildman–Crippen MR) is 114 cm³/mol. The van der Waals surface area contributed by atoms with E-state index in [1.54, 1.807) is 0 Å². The molecule has 0 radical (unpaired) electrons. The van der Waals surface area contributed by atoms with Gasteiger partial charge in [-0.2, -0.15) is 5.26 Å². The van der Waals surface area contributed by atoms with Crippen molar-refractivity contribution in [3.63, 3.8) is 0 Å². The lowest BCUT2D eigenvalue weighted by molar-refractivity contribution is 0.949. The summed E-state index contributed by atoms with van der Waals surface area (Å²) in [4.78, 5) is 7.07. The normalized spacial score (nSPS) is 14.4. The lowest BCUT2D eigenvalue weighted by atomic mass is 10.1. The third kappa shape index (κ3) is 3.90. The molecule has 2 aromatic carbocycles. The number of aromatic nitrogens is 1. The van der Waals surface area contributed by atoms with E-state index in [0.29, 0.717) is 10.6 Å². The number of thiazole rings is 1. The van der Waals surface area contributed by atoms with Gasteiger partial charge >= 0.3 is 0 Å². The fourth-order valence-corrected chi connectivity index (χ4v) is 4.22. The molecular formula is C22H18ClN3S. The van der Waals surface area contributed by atoms with E-state index in [2.05, 4.69) is 34.2 Å². The van der Waals surface area contributed by atoms with Gasteiger partial charge in [0.1, 0.15) is 11.1 Å². The molecule has 0 atom stereocenters. The van der Waals surface area contributed by atoms with Gasteiger partial charge in [-0.15, -0.1) is 11.3 Å². The van der Waals surface area contributed by atoms with Gasteiger partial charge in [0.25, 0.3) is 0 Å². The summed E-state index contributed by atoms with van der Waals surface area (Å²) in [6, 6.07) is 18.2. The average Bonchev–Trinajstić information content (AvgIpc) is 3.39. The quantitative estimate of drug-likeness (QED) is 0.502. The maximum Gasteiger partial charge on any atom is 0.134 e. The second kappa shape index (κ2) is 7.96. The van der Waals surface area contributed by atoms with E-state index in [0.717, 1.165) is 34.9 Å². The van der Waals surface area contributed by atoms with Crippen LogP contribution in [0.4, 0.5) is 5.69 Å². The Morgan fingerprint density at radius 1 is 1.11 bits per heavy atom. The number of hydrogen-bond donors (Lipinski definition) is 0. The third-order valence-electron chi connectivity index (χ3n) is 4.68. The van der Waals surface area contributed by atoms with Gasteiger partial charge in [-0.25, -0.2) is 4.98 Å². The number of benzene rings is 2. The number of allylic oxidation sites excluding steroid dienone is 1. The Kier molecular flexibility index (Phi) is 5.24. The highest BCUT2D eigenvalue weighted by molar-refractivity contribution is 7.11. The summed E-state index contributed by atoms with van der Waals surface area (Å²) in [6.45, 7) is 2.15. The van der Waals surface area contributed by atoms with E-state index >= 15 is 0 Å². The summed E-state index contributed by atoms with van der Waals surface area (Å²) in [7, 11) is 0. The Labute approximate surface area is 168 Å². The van der Waals surface area contributed by atoms with Crippen LogP contribution in [-0.4, -0.2) is 18.1 Å². The van der Waals surface area contributed by atoms with Crippen molar-refractivity contribution < 1.29 is 0 Å². The van der Waals surface area contributed by atoms with E-state index in [1.165, 1.54) is 29.9 Å². The zero-order chi connectivity index (χ0) is 18.6. The van der Waals surface area contributed by atoms with Crippen molar-refractivity contribution in [1.29, 1.82) is 5.26 Å². The number of nitriles is 1. The van der Waals surface area contributed by atoms with Crippen LogP contribution >= 0.6 is 22.9 Å². The van der Waals surface area contributed by atoms with Gasteiger partial charge in [-0.3, -0.25) is 0 Å². The van der Waals surface area contributed by atoms with Crippen LogP contribution in [-0.2, 0) is 0 Å². The second-order valence-electron chi connectivity index (χ2n) is 6.47. The van der Waals surface area contributed by atoms with Crippen LogP contribution in [0.15, 0.2) is 53.9 Å². The molecule has 0 spiro atoms. The van der Waals surface area contributed by atoms with Gasteiger partial charge in [0, 0.05) is 34.7 Å². The summed E-state index contributed by atoms with van der Waals surface area (Å²) in [5.41, 5.74) is 4.71. The fraction of sp³-hybridized carbons (Fsp3) is 0.182. The summed E-state index contributed by atoms with van der Waals surface area (Å²) in [6.07, 6.45) is 4.40. The minimum atomic E-state index is 0.590. The van der Waals surface area contributed by atoms with Crippen LogP contribution in [0.5, 0.6) is 0 Å². The molecule has 1 aromatic heterocycles. The van der Waals surface area contributed by atoms with Crippen LogP contribution in [0.1, 0.15) is 23.4 Å². The van der Waals surface area contributed by atoms with E-state index in [1.807, 2.05) is 41.8 Å². The molecule has 5 heteroatoms. The molecule has 3 aromatic rings. The monoisotopic (exact) mass is 391 g/mol. The Morgan fingerprint density at radius 2 is 1.85 bits per heavy atom. The van der Waals surface area contributed by atoms with Gasteiger partial charge in [0.05, 0.1) is 11.3 Å². The zero-order valence-electron chi connectivity index (χ0n) is 14.7. The molecule has 0 bridgehead atoms. The van der Waals surface area contributed by atoms with Crippen molar-refractivity contribution >= 4 is 40.3 Å². The van der Waals surface area contributed by atoms with Crippen molar-refractivity contribution in [2.24, 2.45) is 0 Å². The smallest absolute Gasteiger partial charge is 0.134 e. The number of nitrogens with zero attached hydrogens (tertiary/aromatic N) is 3. The molecule has 3 nitrogen and oxygen atoms in total. The molecule has 1 aliphatic rings. The second-order valence-corrected chi connectivity index (χ2v) is 7.76. The van der Waals surface area contributed by atoms with E-state index in [9.17, 15) is 5.26 Å². The molecule has 1 aliphatic heterocycles. The molecule has 1 fully saturated rings. The zero-order valence-corrected chi connectivity index (χ0v) is 16.3. The summed E-state index contributed by atoms with van der Waals surface area (Å²) < 4.78 is 0. The number of halogens is 1. The van der Waals surface area contributed by atoms with Gasteiger partial charge in [0.2, 0.25) is 0 Å². The maximum atomic E-state index is 9.73.